The third kappa shape index (κ3) is 5.29. The standard InChI is InChI=1S/C25H26N4O2/c1-31-21-13-11-19(12-14-21)16-26-24-22-9-5-6-10-23(22)28-25(29-24)27-20(17-30)15-18-7-3-2-4-8-18/h2-14,20,30H,15-17H2,1H3,(H2,26,27,28,29)/t20-/m1/s1. The predicted molar refractivity (Wildman–Crippen MR) is 125 cm³/mol. The van der Waals surface area contributed by atoms with Gasteiger partial charge in [0, 0.05) is 11.9 Å². The Morgan fingerprint density at radius 2 is 1.61 bits per heavy atom. The van der Waals surface area contributed by atoms with Crippen LogP contribution in [0.25, 0.3) is 10.9 Å². The zero-order chi connectivity index (χ0) is 21.5. The first-order chi connectivity index (χ1) is 15.2. The zero-order valence-electron chi connectivity index (χ0n) is 17.5. The Morgan fingerprint density at radius 1 is 0.871 bits per heavy atom. The molecule has 3 N–H and O–H groups in total. The minimum Gasteiger partial charge on any atom is -0.497 e. The summed E-state index contributed by atoms with van der Waals surface area (Å²) < 4.78 is 5.23. The van der Waals surface area contributed by atoms with Crippen molar-refractivity contribution in [2.75, 3.05) is 24.4 Å². The second-order valence-electron chi connectivity index (χ2n) is 7.33. The van der Waals surface area contributed by atoms with Crippen LogP contribution in [0.2, 0.25) is 0 Å². The number of para-hydroxylation sites is 1. The van der Waals surface area contributed by atoms with Crippen LogP contribution in [0.5, 0.6) is 5.75 Å². The van der Waals surface area contributed by atoms with Gasteiger partial charge in [-0.25, -0.2) is 4.98 Å². The van der Waals surface area contributed by atoms with E-state index in [0.717, 1.165) is 33.6 Å². The van der Waals surface area contributed by atoms with Gasteiger partial charge < -0.3 is 20.5 Å². The molecule has 0 unspecified atom stereocenters. The molecule has 31 heavy (non-hydrogen) atoms. The molecule has 6 nitrogen and oxygen atoms in total. The van der Waals surface area contributed by atoms with Crippen molar-refractivity contribution in [1.29, 1.82) is 0 Å². The number of rotatable bonds is 9. The van der Waals surface area contributed by atoms with Gasteiger partial charge in [0.1, 0.15) is 11.6 Å². The number of anilines is 2. The summed E-state index contributed by atoms with van der Waals surface area (Å²) in [7, 11) is 1.66. The Labute approximate surface area is 181 Å². The number of nitrogens with zero attached hydrogens (tertiary/aromatic N) is 2. The molecule has 0 aliphatic carbocycles. The van der Waals surface area contributed by atoms with E-state index in [2.05, 4.69) is 15.6 Å². The molecule has 6 heteroatoms. The first-order valence-electron chi connectivity index (χ1n) is 10.3. The molecule has 0 aliphatic heterocycles. The maximum atomic E-state index is 9.88. The fourth-order valence-electron chi connectivity index (χ4n) is 3.45. The van der Waals surface area contributed by atoms with Crippen molar-refractivity contribution in [2.24, 2.45) is 0 Å². The molecule has 0 amide bonds. The quantitative estimate of drug-likeness (QED) is 0.380. The summed E-state index contributed by atoms with van der Waals surface area (Å²) in [6.45, 7) is 0.609. The molecule has 3 aromatic carbocycles. The third-order valence-electron chi connectivity index (χ3n) is 5.10. The number of ether oxygens (including phenoxy) is 1. The summed E-state index contributed by atoms with van der Waals surface area (Å²) >= 11 is 0. The number of benzene rings is 3. The van der Waals surface area contributed by atoms with Crippen LogP contribution in [0.1, 0.15) is 11.1 Å². The molecule has 1 heterocycles. The SMILES string of the molecule is COc1ccc(CNc2nc(N[C@@H](CO)Cc3ccccc3)nc3ccccc23)cc1. The van der Waals surface area contributed by atoms with Gasteiger partial charge in [0.25, 0.3) is 0 Å². The van der Waals surface area contributed by atoms with Crippen LogP contribution in [0.15, 0.2) is 78.9 Å². The van der Waals surface area contributed by atoms with Gasteiger partial charge >= 0.3 is 0 Å². The highest BCUT2D eigenvalue weighted by Crippen LogP contribution is 2.23. The number of aliphatic hydroxyl groups excluding tert-OH is 1. The lowest BCUT2D eigenvalue weighted by Gasteiger charge is -2.18. The lowest BCUT2D eigenvalue weighted by Crippen LogP contribution is -2.27. The molecular weight excluding hydrogens is 388 g/mol. The van der Waals surface area contributed by atoms with Crippen LogP contribution < -0.4 is 15.4 Å². The first kappa shape index (κ1) is 20.6. The van der Waals surface area contributed by atoms with E-state index in [1.165, 1.54) is 0 Å². The molecule has 0 bridgehead atoms. The molecule has 158 valence electrons. The van der Waals surface area contributed by atoms with Crippen LogP contribution in [0, 0.1) is 0 Å². The van der Waals surface area contributed by atoms with Crippen molar-refractivity contribution in [3.63, 3.8) is 0 Å². The summed E-state index contributed by atoms with van der Waals surface area (Å²) in [4.78, 5) is 9.36. The monoisotopic (exact) mass is 414 g/mol. The zero-order valence-corrected chi connectivity index (χ0v) is 17.5. The highest BCUT2D eigenvalue weighted by molar-refractivity contribution is 5.90. The van der Waals surface area contributed by atoms with Crippen molar-refractivity contribution >= 4 is 22.7 Å². The van der Waals surface area contributed by atoms with Crippen molar-refractivity contribution in [2.45, 2.75) is 19.0 Å². The number of hydrogen-bond donors (Lipinski definition) is 3. The molecule has 4 rings (SSSR count). The maximum absolute atomic E-state index is 9.88. The fraction of sp³-hybridized carbons (Fsp3) is 0.200. The van der Waals surface area contributed by atoms with Crippen LogP contribution >= 0.6 is 0 Å². The fourth-order valence-corrected chi connectivity index (χ4v) is 3.45. The van der Waals surface area contributed by atoms with Crippen LogP contribution in [-0.2, 0) is 13.0 Å². The second kappa shape index (κ2) is 9.91. The number of aliphatic hydroxyl groups is 1. The smallest absolute Gasteiger partial charge is 0.225 e. The Morgan fingerprint density at radius 3 is 2.35 bits per heavy atom. The topological polar surface area (TPSA) is 79.3 Å². The minimum absolute atomic E-state index is 0.0142. The molecular formula is C25H26N4O2. The molecule has 0 saturated heterocycles. The second-order valence-corrected chi connectivity index (χ2v) is 7.33. The number of fused-ring (bicyclic) bond motifs is 1. The van der Waals surface area contributed by atoms with E-state index in [1.807, 2.05) is 78.9 Å². The predicted octanol–water partition coefficient (Wildman–Crippen LogP) is 4.27. The van der Waals surface area contributed by atoms with E-state index in [9.17, 15) is 5.11 Å². The largest absolute Gasteiger partial charge is 0.497 e. The van der Waals surface area contributed by atoms with E-state index >= 15 is 0 Å². The van der Waals surface area contributed by atoms with Crippen LogP contribution in [0.3, 0.4) is 0 Å². The van der Waals surface area contributed by atoms with E-state index in [0.29, 0.717) is 18.9 Å². The Hall–Kier alpha value is -3.64. The van der Waals surface area contributed by atoms with Gasteiger partial charge in [-0.2, -0.15) is 4.98 Å². The molecule has 0 radical (unpaired) electrons. The van der Waals surface area contributed by atoms with Gasteiger partial charge in [-0.15, -0.1) is 0 Å². The molecule has 0 spiro atoms. The van der Waals surface area contributed by atoms with Crippen LogP contribution in [-0.4, -0.2) is 34.8 Å². The van der Waals surface area contributed by atoms with E-state index in [4.69, 9.17) is 9.72 Å². The molecule has 0 aliphatic rings. The van der Waals surface area contributed by atoms with Crippen molar-refractivity contribution < 1.29 is 9.84 Å². The third-order valence-corrected chi connectivity index (χ3v) is 5.10. The summed E-state index contributed by atoms with van der Waals surface area (Å²) in [6.07, 6.45) is 0.683. The molecule has 1 aromatic heterocycles. The maximum Gasteiger partial charge on any atom is 0.225 e. The van der Waals surface area contributed by atoms with Gasteiger partial charge in [0.15, 0.2) is 0 Å². The normalized spacial score (nSPS) is 11.8. The summed E-state index contributed by atoms with van der Waals surface area (Å²) in [5.41, 5.74) is 3.11. The van der Waals surface area contributed by atoms with Gasteiger partial charge in [0.2, 0.25) is 5.95 Å². The number of aromatic nitrogens is 2. The molecule has 1 atom stereocenters. The highest BCUT2D eigenvalue weighted by atomic mass is 16.5. The summed E-state index contributed by atoms with van der Waals surface area (Å²) in [5, 5.41) is 17.6. The van der Waals surface area contributed by atoms with Gasteiger partial charge in [-0.1, -0.05) is 54.6 Å². The first-order valence-corrected chi connectivity index (χ1v) is 10.3. The lowest BCUT2D eigenvalue weighted by molar-refractivity contribution is 0.273. The van der Waals surface area contributed by atoms with Gasteiger partial charge in [-0.05, 0) is 41.8 Å². The van der Waals surface area contributed by atoms with Crippen LogP contribution in [0.4, 0.5) is 11.8 Å². The van der Waals surface area contributed by atoms with E-state index < -0.39 is 0 Å². The van der Waals surface area contributed by atoms with Crippen molar-refractivity contribution in [3.05, 3.63) is 90.0 Å². The number of hydrogen-bond acceptors (Lipinski definition) is 6. The van der Waals surface area contributed by atoms with Gasteiger partial charge in [0.05, 0.1) is 25.3 Å². The Bertz CT molecular complexity index is 1120. The molecule has 0 fully saturated rings. The Kier molecular flexibility index (Phi) is 6.59. The van der Waals surface area contributed by atoms with Crippen molar-refractivity contribution in [1.82, 2.24) is 9.97 Å². The molecule has 0 saturated carbocycles. The molecule has 4 aromatic rings. The van der Waals surface area contributed by atoms with E-state index in [1.54, 1.807) is 7.11 Å². The average Bonchev–Trinajstić information content (AvgIpc) is 2.83. The van der Waals surface area contributed by atoms with Gasteiger partial charge in [-0.3, -0.25) is 0 Å². The lowest BCUT2D eigenvalue weighted by atomic mass is 10.1. The summed E-state index contributed by atoms with van der Waals surface area (Å²) in [6, 6.07) is 25.7. The van der Waals surface area contributed by atoms with E-state index in [-0.39, 0.29) is 12.6 Å². The Balaban J connectivity index is 1.55. The average molecular weight is 415 g/mol. The summed E-state index contributed by atoms with van der Waals surface area (Å²) in [5.74, 6) is 2.07. The van der Waals surface area contributed by atoms with Crippen molar-refractivity contribution in [3.8, 4) is 5.75 Å². The minimum atomic E-state index is -0.182. The highest BCUT2D eigenvalue weighted by Gasteiger charge is 2.13. The number of nitrogens with one attached hydrogen (secondary N) is 2. The number of methoxy groups -OCH3 is 1.